The van der Waals surface area contributed by atoms with E-state index in [0.717, 1.165) is 0 Å². The summed E-state index contributed by atoms with van der Waals surface area (Å²) in [6, 6.07) is 5.42. The molecule has 0 aliphatic heterocycles. The van der Waals surface area contributed by atoms with E-state index in [1.165, 1.54) is 31.4 Å². The van der Waals surface area contributed by atoms with Crippen molar-refractivity contribution in [1.29, 1.82) is 0 Å². The molecule has 0 heterocycles. The van der Waals surface area contributed by atoms with Crippen LogP contribution in [0, 0.1) is 5.92 Å². The summed E-state index contributed by atoms with van der Waals surface area (Å²) in [6.45, 7) is 1.61. The van der Waals surface area contributed by atoms with E-state index in [-0.39, 0.29) is 23.1 Å². The molecule has 3 nitrogen and oxygen atoms in total. The van der Waals surface area contributed by atoms with Crippen LogP contribution in [0.2, 0.25) is 0 Å². The topological polar surface area (TPSA) is 46.5 Å². The van der Waals surface area contributed by atoms with E-state index in [9.17, 15) is 23.1 Å². The highest BCUT2D eigenvalue weighted by molar-refractivity contribution is 8.00. The van der Waals surface area contributed by atoms with E-state index in [1.807, 2.05) is 0 Å². The number of methoxy groups -OCH3 is 1. The Morgan fingerprint density at radius 1 is 1.35 bits per heavy atom. The number of ether oxygens (including phenoxy) is 1. The van der Waals surface area contributed by atoms with Gasteiger partial charge in [0.2, 0.25) is 0 Å². The molecule has 0 aliphatic rings. The predicted molar refractivity (Wildman–Crippen MR) is 69.1 cm³/mol. The van der Waals surface area contributed by atoms with Gasteiger partial charge in [0.1, 0.15) is 0 Å². The molecule has 1 aromatic rings. The number of aliphatic hydroxyl groups is 1. The second-order valence-corrected chi connectivity index (χ2v) is 5.43. The van der Waals surface area contributed by atoms with Gasteiger partial charge in [0.25, 0.3) is 0 Å². The molecule has 2 atom stereocenters. The van der Waals surface area contributed by atoms with Gasteiger partial charge in [-0.25, -0.2) is 0 Å². The SMILES string of the molecule is COC(=O)C(C)CC(O)c1ccc(SC(F)(F)F)cc1. The lowest BCUT2D eigenvalue weighted by molar-refractivity contribution is -0.145. The Morgan fingerprint density at radius 3 is 2.35 bits per heavy atom. The Hall–Kier alpha value is -1.21. The van der Waals surface area contributed by atoms with Crippen molar-refractivity contribution in [2.75, 3.05) is 7.11 Å². The molecule has 0 radical (unpaired) electrons. The van der Waals surface area contributed by atoms with Crippen molar-refractivity contribution >= 4 is 17.7 Å². The molecule has 0 spiro atoms. The van der Waals surface area contributed by atoms with E-state index in [0.29, 0.717) is 5.56 Å². The summed E-state index contributed by atoms with van der Waals surface area (Å²) in [7, 11) is 1.26. The van der Waals surface area contributed by atoms with Crippen molar-refractivity contribution in [2.24, 2.45) is 5.92 Å². The monoisotopic (exact) mass is 308 g/mol. The van der Waals surface area contributed by atoms with Crippen LogP contribution in [0.1, 0.15) is 25.0 Å². The van der Waals surface area contributed by atoms with Crippen molar-refractivity contribution < 1.29 is 27.8 Å². The summed E-state index contributed by atoms with van der Waals surface area (Å²) in [5.74, 6) is -0.924. The zero-order chi connectivity index (χ0) is 15.3. The fourth-order valence-electron chi connectivity index (χ4n) is 1.66. The number of hydrogen-bond acceptors (Lipinski definition) is 4. The van der Waals surface area contributed by atoms with E-state index in [2.05, 4.69) is 4.74 Å². The maximum Gasteiger partial charge on any atom is 0.446 e. The minimum atomic E-state index is -4.33. The number of thioether (sulfide) groups is 1. The molecular formula is C13H15F3O3S. The Kier molecular flexibility index (Phi) is 5.88. The van der Waals surface area contributed by atoms with Crippen molar-refractivity contribution in [2.45, 2.75) is 29.9 Å². The Morgan fingerprint density at radius 2 is 1.90 bits per heavy atom. The number of carbonyl (C=O) groups excluding carboxylic acids is 1. The maximum absolute atomic E-state index is 12.2. The first-order valence-corrected chi connectivity index (χ1v) is 6.66. The molecule has 0 aliphatic carbocycles. The number of benzene rings is 1. The summed E-state index contributed by atoms with van der Waals surface area (Å²) in [5.41, 5.74) is -3.87. The van der Waals surface area contributed by atoms with Crippen LogP contribution in [-0.2, 0) is 9.53 Å². The highest BCUT2D eigenvalue weighted by Crippen LogP contribution is 2.37. The Labute approximate surface area is 119 Å². The minimum Gasteiger partial charge on any atom is -0.469 e. The Bertz CT molecular complexity index is 445. The van der Waals surface area contributed by atoms with Crippen molar-refractivity contribution in [3.05, 3.63) is 29.8 Å². The van der Waals surface area contributed by atoms with Crippen LogP contribution < -0.4 is 0 Å². The molecule has 1 rings (SSSR count). The molecule has 7 heteroatoms. The third kappa shape index (κ3) is 5.42. The first-order chi connectivity index (χ1) is 9.23. The molecule has 0 fully saturated rings. The zero-order valence-corrected chi connectivity index (χ0v) is 11.8. The fourth-order valence-corrected chi connectivity index (χ4v) is 2.20. The van der Waals surface area contributed by atoms with Gasteiger partial charge in [-0.05, 0) is 35.9 Å². The average Bonchev–Trinajstić information content (AvgIpc) is 2.36. The van der Waals surface area contributed by atoms with Gasteiger partial charge in [-0.15, -0.1) is 0 Å². The first kappa shape index (κ1) is 16.8. The van der Waals surface area contributed by atoms with Crippen LogP contribution in [-0.4, -0.2) is 23.7 Å². The molecule has 0 aromatic heterocycles. The predicted octanol–water partition coefficient (Wildman–Crippen LogP) is 3.53. The van der Waals surface area contributed by atoms with Gasteiger partial charge in [0, 0.05) is 4.90 Å². The van der Waals surface area contributed by atoms with Crippen molar-refractivity contribution in [1.82, 2.24) is 0 Å². The minimum absolute atomic E-state index is 0.0504. The quantitative estimate of drug-likeness (QED) is 0.668. The lowest BCUT2D eigenvalue weighted by Gasteiger charge is -2.15. The van der Waals surface area contributed by atoms with Gasteiger partial charge in [0.15, 0.2) is 0 Å². The van der Waals surface area contributed by atoms with Gasteiger partial charge in [-0.1, -0.05) is 19.1 Å². The summed E-state index contributed by atoms with van der Waals surface area (Å²) in [6.07, 6.45) is -0.771. The summed E-state index contributed by atoms with van der Waals surface area (Å²) in [4.78, 5) is 11.3. The van der Waals surface area contributed by atoms with Crippen LogP contribution in [0.15, 0.2) is 29.2 Å². The van der Waals surface area contributed by atoms with Crippen molar-refractivity contribution in [3.63, 3.8) is 0 Å². The molecule has 0 bridgehead atoms. The smallest absolute Gasteiger partial charge is 0.446 e. The second-order valence-electron chi connectivity index (χ2n) is 4.29. The van der Waals surface area contributed by atoms with Crippen LogP contribution >= 0.6 is 11.8 Å². The van der Waals surface area contributed by atoms with E-state index < -0.39 is 23.5 Å². The lowest BCUT2D eigenvalue weighted by Crippen LogP contribution is -2.16. The zero-order valence-electron chi connectivity index (χ0n) is 11.0. The molecule has 1 aromatic carbocycles. The molecule has 0 saturated heterocycles. The Balaban J connectivity index is 2.66. The van der Waals surface area contributed by atoms with Gasteiger partial charge in [0.05, 0.1) is 19.1 Å². The first-order valence-electron chi connectivity index (χ1n) is 5.84. The second kappa shape index (κ2) is 6.99. The maximum atomic E-state index is 12.2. The fraction of sp³-hybridized carbons (Fsp3) is 0.462. The largest absolute Gasteiger partial charge is 0.469 e. The average molecular weight is 308 g/mol. The third-order valence-electron chi connectivity index (χ3n) is 2.68. The lowest BCUT2D eigenvalue weighted by atomic mass is 9.98. The van der Waals surface area contributed by atoms with Crippen LogP contribution in [0.25, 0.3) is 0 Å². The number of esters is 1. The van der Waals surface area contributed by atoms with E-state index in [4.69, 9.17) is 0 Å². The normalized spacial score (nSPS) is 14.7. The molecular weight excluding hydrogens is 293 g/mol. The number of halogens is 3. The summed E-state index contributed by atoms with van der Waals surface area (Å²) < 4.78 is 41.0. The molecule has 0 amide bonds. The van der Waals surface area contributed by atoms with Crippen LogP contribution in [0.5, 0.6) is 0 Å². The summed E-state index contributed by atoms with van der Waals surface area (Å²) in [5, 5.41) is 9.92. The van der Waals surface area contributed by atoms with E-state index >= 15 is 0 Å². The molecule has 1 N–H and O–H groups in total. The molecule has 20 heavy (non-hydrogen) atoms. The number of carbonyl (C=O) groups is 1. The molecule has 0 saturated carbocycles. The number of rotatable bonds is 5. The number of aliphatic hydroxyl groups excluding tert-OH is 1. The number of hydrogen-bond donors (Lipinski definition) is 1. The third-order valence-corrected chi connectivity index (χ3v) is 3.42. The van der Waals surface area contributed by atoms with Crippen LogP contribution in [0.4, 0.5) is 13.2 Å². The van der Waals surface area contributed by atoms with Gasteiger partial charge < -0.3 is 9.84 Å². The molecule has 112 valence electrons. The highest BCUT2D eigenvalue weighted by Gasteiger charge is 2.29. The van der Waals surface area contributed by atoms with Crippen LogP contribution in [0.3, 0.4) is 0 Å². The van der Waals surface area contributed by atoms with Gasteiger partial charge in [-0.3, -0.25) is 4.79 Å². The summed E-state index contributed by atoms with van der Waals surface area (Å²) >= 11 is -0.212. The van der Waals surface area contributed by atoms with Crippen molar-refractivity contribution in [3.8, 4) is 0 Å². The highest BCUT2D eigenvalue weighted by atomic mass is 32.2. The number of alkyl halides is 3. The van der Waals surface area contributed by atoms with Gasteiger partial charge >= 0.3 is 11.5 Å². The molecule has 2 unspecified atom stereocenters. The van der Waals surface area contributed by atoms with E-state index in [1.54, 1.807) is 6.92 Å². The van der Waals surface area contributed by atoms with Gasteiger partial charge in [-0.2, -0.15) is 13.2 Å². The standard InChI is InChI=1S/C13H15F3O3S/c1-8(12(18)19-2)7-11(17)9-3-5-10(6-4-9)20-13(14,15)16/h3-6,8,11,17H,7H2,1-2H3.